The second kappa shape index (κ2) is 8.74. The Kier molecular flexibility index (Phi) is 6.17. The van der Waals surface area contributed by atoms with E-state index in [9.17, 15) is 27.9 Å². The first-order chi connectivity index (χ1) is 15.1. The summed E-state index contributed by atoms with van der Waals surface area (Å²) in [4.78, 5) is 25.5. The molecular formula is C22H19F3IN3O3. The highest BCUT2D eigenvalue weighted by Crippen LogP contribution is 2.30. The Labute approximate surface area is 194 Å². The standard InChI is InChI=1S/C22H19F3IN3O3/c23-17-4-3-15(16(20(17)25)7-12-1-2-13(26)8-18(12)24)21(31)29-10-22(32,11-29)6-5-14-9-19(30)28-27-14/h1-4,8-9,32H,5-7,10-11H2,(H2,27,28,30). The van der Waals surface area contributed by atoms with Crippen LogP contribution in [0.15, 0.2) is 41.2 Å². The van der Waals surface area contributed by atoms with Crippen LogP contribution in [0.1, 0.15) is 33.6 Å². The van der Waals surface area contributed by atoms with Crippen LogP contribution >= 0.6 is 22.6 Å². The highest BCUT2D eigenvalue weighted by atomic mass is 127. The van der Waals surface area contributed by atoms with E-state index in [1.165, 1.54) is 29.2 Å². The molecule has 1 aliphatic heterocycles. The van der Waals surface area contributed by atoms with Crippen molar-refractivity contribution in [2.75, 3.05) is 13.1 Å². The third kappa shape index (κ3) is 4.60. The summed E-state index contributed by atoms with van der Waals surface area (Å²) in [6, 6.07) is 7.84. The van der Waals surface area contributed by atoms with E-state index < -0.39 is 29.0 Å². The van der Waals surface area contributed by atoms with Crippen LogP contribution in [-0.4, -0.2) is 44.8 Å². The van der Waals surface area contributed by atoms with Gasteiger partial charge < -0.3 is 15.1 Å². The maximum absolute atomic E-state index is 14.6. The van der Waals surface area contributed by atoms with Crippen LogP contribution < -0.4 is 5.56 Å². The van der Waals surface area contributed by atoms with Gasteiger partial charge in [-0.05, 0) is 65.3 Å². The minimum atomic E-state index is -1.19. The highest BCUT2D eigenvalue weighted by molar-refractivity contribution is 14.1. The van der Waals surface area contributed by atoms with Gasteiger partial charge in [0.25, 0.3) is 11.5 Å². The molecule has 0 radical (unpaired) electrons. The number of β-amino-alcohol motifs (C(OH)–C–C–N with tert-alkyl or cyclic N) is 1. The second-order valence-electron chi connectivity index (χ2n) is 7.97. The summed E-state index contributed by atoms with van der Waals surface area (Å²) in [5, 5.41) is 15.7. The van der Waals surface area contributed by atoms with Gasteiger partial charge in [-0.1, -0.05) is 6.07 Å². The lowest BCUT2D eigenvalue weighted by atomic mass is 9.87. The van der Waals surface area contributed by atoms with Gasteiger partial charge in [-0.3, -0.25) is 14.7 Å². The van der Waals surface area contributed by atoms with Crippen molar-refractivity contribution >= 4 is 28.5 Å². The number of rotatable bonds is 6. The van der Waals surface area contributed by atoms with Gasteiger partial charge in [-0.15, -0.1) is 0 Å². The molecule has 10 heteroatoms. The van der Waals surface area contributed by atoms with Crippen molar-refractivity contribution in [1.29, 1.82) is 0 Å². The Bertz CT molecular complexity index is 1230. The van der Waals surface area contributed by atoms with Gasteiger partial charge in [0.2, 0.25) is 0 Å². The molecule has 0 unspecified atom stereocenters. The molecule has 3 aromatic rings. The molecule has 32 heavy (non-hydrogen) atoms. The topological polar surface area (TPSA) is 89.2 Å². The van der Waals surface area contributed by atoms with E-state index >= 15 is 0 Å². The molecule has 6 nitrogen and oxygen atoms in total. The number of nitrogens with one attached hydrogen (secondary N) is 2. The molecule has 1 amide bonds. The number of nitrogens with zero attached hydrogens (tertiary/aromatic N) is 1. The van der Waals surface area contributed by atoms with E-state index in [-0.39, 0.29) is 41.8 Å². The number of aliphatic hydroxyl groups is 1. The van der Waals surface area contributed by atoms with Crippen molar-refractivity contribution in [3.63, 3.8) is 0 Å². The van der Waals surface area contributed by atoms with Gasteiger partial charge in [-0.25, -0.2) is 13.2 Å². The Morgan fingerprint density at radius 3 is 2.50 bits per heavy atom. The molecule has 4 rings (SSSR count). The summed E-state index contributed by atoms with van der Waals surface area (Å²) in [6.45, 7) is 0.0215. The molecule has 0 spiro atoms. The summed E-state index contributed by atoms with van der Waals surface area (Å²) in [7, 11) is 0. The largest absolute Gasteiger partial charge is 0.386 e. The number of likely N-dealkylation sites (tertiary alicyclic amines) is 1. The summed E-state index contributed by atoms with van der Waals surface area (Å²) in [5.41, 5.74) is -0.938. The molecule has 0 bridgehead atoms. The van der Waals surface area contributed by atoms with Crippen molar-refractivity contribution in [2.24, 2.45) is 0 Å². The molecule has 1 saturated heterocycles. The summed E-state index contributed by atoms with van der Waals surface area (Å²) in [5.74, 6) is -3.45. The van der Waals surface area contributed by atoms with Crippen LogP contribution in [0, 0.1) is 21.0 Å². The molecule has 0 atom stereocenters. The Balaban J connectivity index is 1.50. The molecule has 168 valence electrons. The third-order valence-corrected chi connectivity index (χ3v) is 6.25. The monoisotopic (exact) mass is 557 g/mol. The average Bonchev–Trinajstić information content (AvgIpc) is 3.14. The van der Waals surface area contributed by atoms with E-state index in [1.54, 1.807) is 6.07 Å². The van der Waals surface area contributed by atoms with Crippen LogP contribution in [0.25, 0.3) is 0 Å². The minimum absolute atomic E-state index is 0.0107. The Hall–Kier alpha value is -2.60. The first-order valence-corrected chi connectivity index (χ1v) is 10.9. The first-order valence-electron chi connectivity index (χ1n) is 9.84. The van der Waals surface area contributed by atoms with Crippen LogP contribution in [0.4, 0.5) is 13.2 Å². The van der Waals surface area contributed by atoms with Crippen LogP contribution in [0.2, 0.25) is 0 Å². The van der Waals surface area contributed by atoms with Gasteiger partial charge in [-0.2, -0.15) is 0 Å². The van der Waals surface area contributed by atoms with Crippen LogP contribution in [0.5, 0.6) is 0 Å². The number of amides is 1. The number of aromatic amines is 2. The normalized spacial score (nSPS) is 15.0. The molecule has 1 fully saturated rings. The number of halogens is 4. The lowest BCUT2D eigenvalue weighted by Crippen LogP contribution is -2.63. The average molecular weight is 557 g/mol. The maximum atomic E-state index is 14.6. The predicted octanol–water partition coefficient (Wildman–Crippen LogP) is 3.14. The smallest absolute Gasteiger partial charge is 0.264 e. The number of carbonyl (C=O) groups excluding carboxylic acids is 1. The number of hydrogen-bond acceptors (Lipinski definition) is 3. The van der Waals surface area contributed by atoms with Crippen molar-refractivity contribution in [2.45, 2.75) is 24.9 Å². The fraction of sp³-hybridized carbons (Fsp3) is 0.273. The summed E-state index contributed by atoms with van der Waals surface area (Å²) < 4.78 is 43.5. The molecule has 3 N–H and O–H groups in total. The van der Waals surface area contributed by atoms with E-state index in [0.29, 0.717) is 22.1 Å². The number of aryl methyl sites for hydroxylation is 1. The molecule has 1 aliphatic rings. The summed E-state index contributed by atoms with van der Waals surface area (Å²) >= 11 is 1.94. The van der Waals surface area contributed by atoms with Crippen LogP contribution in [-0.2, 0) is 12.8 Å². The van der Waals surface area contributed by atoms with Crippen molar-refractivity contribution in [3.05, 3.63) is 90.2 Å². The van der Waals surface area contributed by atoms with E-state index in [0.717, 1.165) is 6.07 Å². The lowest BCUT2D eigenvalue weighted by Gasteiger charge is -2.46. The van der Waals surface area contributed by atoms with Gasteiger partial charge in [0, 0.05) is 32.9 Å². The molecule has 1 aromatic heterocycles. The molecule has 2 aromatic carbocycles. The summed E-state index contributed by atoms with van der Waals surface area (Å²) in [6.07, 6.45) is 0.426. The van der Waals surface area contributed by atoms with Gasteiger partial charge in [0.1, 0.15) is 11.4 Å². The molecule has 0 saturated carbocycles. The number of aromatic nitrogens is 2. The minimum Gasteiger partial charge on any atom is -0.386 e. The first kappa shape index (κ1) is 22.6. The fourth-order valence-electron chi connectivity index (χ4n) is 3.83. The maximum Gasteiger partial charge on any atom is 0.264 e. The fourth-order valence-corrected chi connectivity index (χ4v) is 4.29. The molecule has 0 aliphatic carbocycles. The SMILES string of the molecule is O=C(c1ccc(F)c(F)c1Cc1ccc(I)cc1F)N1CC(O)(CCc2cc(=O)[nH][nH]2)C1. The highest BCUT2D eigenvalue weighted by Gasteiger charge is 2.44. The van der Waals surface area contributed by atoms with Crippen LogP contribution in [0.3, 0.4) is 0 Å². The van der Waals surface area contributed by atoms with E-state index in [1.807, 2.05) is 22.6 Å². The quantitative estimate of drug-likeness (QED) is 0.407. The van der Waals surface area contributed by atoms with Crippen molar-refractivity contribution < 1.29 is 23.1 Å². The zero-order valence-electron chi connectivity index (χ0n) is 16.7. The molecular weight excluding hydrogens is 538 g/mol. The number of H-pyrrole nitrogens is 2. The van der Waals surface area contributed by atoms with E-state index in [2.05, 4.69) is 10.2 Å². The lowest BCUT2D eigenvalue weighted by molar-refractivity contribution is -0.0855. The van der Waals surface area contributed by atoms with Gasteiger partial charge >= 0.3 is 0 Å². The Morgan fingerprint density at radius 1 is 1.09 bits per heavy atom. The zero-order valence-corrected chi connectivity index (χ0v) is 18.9. The Morgan fingerprint density at radius 2 is 1.84 bits per heavy atom. The van der Waals surface area contributed by atoms with E-state index in [4.69, 9.17) is 0 Å². The van der Waals surface area contributed by atoms with Crippen molar-refractivity contribution in [3.8, 4) is 0 Å². The third-order valence-electron chi connectivity index (χ3n) is 5.58. The number of carbonyl (C=O) groups is 1. The predicted molar refractivity (Wildman–Crippen MR) is 119 cm³/mol. The van der Waals surface area contributed by atoms with Crippen molar-refractivity contribution in [1.82, 2.24) is 15.1 Å². The van der Waals surface area contributed by atoms with Gasteiger partial charge in [0.15, 0.2) is 11.6 Å². The second-order valence-corrected chi connectivity index (χ2v) is 9.22. The zero-order chi connectivity index (χ0) is 23.0. The molecule has 2 heterocycles. The number of benzene rings is 2. The number of hydrogen-bond donors (Lipinski definition) is 3. The van der Waals surface area contributed by atoms with Gasteiger partial charge in [0.05, 0.1) is 13.1 Å².